The maximum atomic E-state index is 5.29. The van der Waals surface area contributed by atoms with Gasteiger partial charge in [-0.25, -0.2) is 0 Å². The molecule has 0 aliphatic rings. The summed E-state index contributed by atoms with van der Waals surface area (Å²) in [4.78, 5) is 4.13. The lowest BCUT2D eigenvalue weighted by atomic mass is 10.1. The van der Waals surface area contributed by atoms with Gasteiger partial charge in [-0.05, 0) is 23.9 Å². The third-order valence-electron chi connectivity index (χ3n) is 2.84. The zero-order valence-electron chi connectivity index (χ0n) is 9.98. The van der Waals surface area contributed by atoms with Crippen molar-refractivity contribution in [1.29, 1.82) is 0 Å². The second-order valence-corrected chi connectivity index (χ2v) is 4.20. The number of pyridine rings is 1. The highest BCUT2D eigenvalue weighted by Gasteiger charge is 2.02. The van der Waals surface area contributed by atoms with Crippen LogP contribution in [0.1, 0.15) is 18.9 Å². The third kappa shape index (κ3) is 2.83. The average molecular weight is 224 g/mol. The predicted octanol–water partition coefficient (Wildman–Crippen LogP) is 2.74. The zero-order chi connectivity index (χ0) is 12.1. The number of terminal acetylenes is 1. The fraction of sp³-hybridized carbons (Fsp3) is 0.267. The molecular weight excluding hydrogens is 208 g/mol. The van der Waals surface area contributed by atoms with Gasteiger partial charge in [-0.3, -0.25) is 4.98 Å². The molecule has 2 aromatic rings. The Morgan fingerprint density at radius 2 is 2.29 bits per heavy atom. The molecule has 0 bridgehead atoms. The first-order valence-electron chi connectivity index (χ1n) is 5.79. The molecule has 0 amide bonds. The monoisotopic (exact) mass is 224 g/mol. The molecule has 86 valence electrons. The van der Waals surface area contributed by atoms with Crippen LogP contribution in [-0.2, 0) is 6.54 Å². The van der Waals surface area contributed by atoms with Crippen molar-refractivity contribution >= 4 is 10.8 Å². The first-order valence-corrected chi connectivity index (χ1v) is 5.79. The van der Waals surface area contributed by atoms with Crippen molar-refractivity contribution in [3.05, 3.63) is 42.2 Å². The zero-order valence-corrected chi connectivity index (χ0v) is 9.98. The summed E-state index contributed by atoms with van der Waals surface area (Å²) in [7, 11) is 0. The second kappa shape index (κ2) is 5.47. The van der Waals surface area contributed by atoms with Crippen molar-refractivity contribution in [2.24, 2.45) is 0 Å². The first-order chi connectivity index (χ1) is 8.31. The number of rotatable bonds is 4. The van der Waals surface area contributed by atoms with Gasteiger partial charge in [-0.2, -0.15) is 0 Å². The van der Waals surface area contributed by atoms with Crippen molar-refractivity contribution in [2.75, 3.05) is 0 Å². The Hall–Kier alpha value is -1.85. The van der Waals surface area contributed by atoms with E-state index in [0.717, 1.165) is 13.0 Å². The highest BCUT2D eigenvalue weighted by atomic mass is 14.9. The Morgan fingerprint density at radius 3 is 3.12 bits per heavy atom. The molecule has 0 fully saturated rings. The Labute approximate surface area is 102 Å². The van der Waals surface area contributed by atoms with E-state index in [9.17, 15) is 0 Å². The fourth-order valence-corrected chi connectivity index (χ4v) is 1.88. The quantitative estimate of drug-likeness (QED) is 0.808. The lowest BCUT2D eigenvalue weighted by Gasteiger charge is -2.12. The normalized spacial score (nSPS) is 12.2. The molecule has 1 aromatic carbocycles. The molecule has 1 heterocycles. The minimum absolute atomic E-state index is 0.345. The molecule has 2 rings (SSSR count). The highest BCUT2D eigenvalue weighted by Crippen LogP contribution is 2.17. The molecule has 0 aliphatic carbocycles. The van der Waals surface area contributed by atoms with E-state index in [4.69, 9.17) is 6.42 Å². The van der Waals surface area contributed by atoms with Gasteiger partial charge in [0.2, 0.25) is 0 Å². The Balaban J connectivity index is 2.16. The maximum absolute atomic E-state index is 5.29. The van der Waals surface area contributed by atoms with Crippen molar-refractivity contribution in [2.45, 2.75) is 25.9 Å². The van der Waals surface area contributed by atoms with Crippen LogP contribution in [0.5, 0.6) is 0 Å². The van der Waals surface area contributed by atoms with Gasteiger partial charge in [0.05, 0.1) is 0 Å². The molecule has 0 saturated heterocycles. The minimum Gasteiger partial charge on any atom is -0.309 e. The molecule has 17 heavy (non-hydrogen) atoms. The summed E-state index contributed by atoms with van der Waals surface area (Å²) in [5.41, 5.74) is 1.29. The van der Waals surface area contributed by atoms with E-state index >= 15 is 0 Å². The SMILES string of the molecule is C#CCC(C)NCc1cccc2cnccc12. The molecule has 2 nitrogen and oxygen atoms in total. The van der Waals surface area contributed by atoms with Gasteiger partial charge >= 0.3 is 0 Å². The average Bonchev–Trinajstić information content (AvgIpc) is 2.36. The molecule has 1 aromatic heterocycles. The molecule has 1 N–H and O–H groups in total. The summed E-state index contributed by atoms with van der Waals surface area (Å²) in [5, 5.41) is 5.86. The number of aromatic nitrogens is 1. The van der Waals surface area contributed by atoms with E-state index in [-0.39, 0.29) is 0 Å². The lowest BCUT2D eigenvalue weighted by Crippen LogP contribution is -2.24. The van der Waals surface area contributed by atoms with E-state index in [2.05, 4.69) is 47.4 Å². The van der Waals surface area contributed by atoms with Gasteiger partial charge in [0.1, 0.15) is 0 Å². The van der Waals surface area contributed by atoms with Crippen molar-refractivity contribution in [1.82, 2.24) is 10.3 Å². The van der Waals surface area contributed by atoms with Crippen LogP contribution in [0.2, 0.25) is 0 Å². The number of nitrogens with one attached hydrogen (secondary N) is 1. The predicted molar refractivity (Wildman–Crippen MR) is 71.5 cm³/mol. The third-order valence-corrected chi connectivity index (χ3v) is 2.84. The number of hydrogen-bond acceptors (Lipinski definition) is 2. The van der Waals surface area contributed by atoms with E-state index in [1.807, 2.05) is 12.4 Å². The van der Waals surface area contributed by atoms with Crippen LogP contribution in [0.4, 0.5) is 0 Å². The topological polar surface area (TPSA) is 24.9 Å². The number of benzene rings is 1. The molecule has 0 spiro atoms. The maximum Gasteiger partial charge on any atom is 0.0346 e. The smallest absolute Gasteiger partial charge is 0.0346 e. The van der Waals surface area contributed by atoms with Crippen LogP contribution in [0.25, 0.3) is 10.8 Å². The van der Waals surface area contributed by atoms with E-state index in [1.54, 1.807) is 0 Å². The summed E-state index contributed by atoms with van der Waals surface area (Å²) >= 11 is 0. The first kappa shape index (κ1) is 11.6. The molecular formula is C15H16N2. The second-order valence-electron chi connectivity index (χ2n) is 4.20. The van der Waals surface area contributed by atoms with Gasteiger partial charge in [-0.1, -0.05) is 18.2 Å². The van der Waals surface area contributed by atoms with Gasteiger partial charge in [-0.15, -0.1) is 12.3 Å². The lowest BCUT2D eigenvalue weighted by molar-refractivity contribution is 0.561. The van der Waals surface area contributed by atoms with Crippen molar-refractivity contribution < 1.29 is 0 Å². The summed E-state index contributed by atoms with van der Waals surface area (Å²) in [6, 6.07) is 8.68. The Kier molecular flexibility index (Phi) is 3.74. The van der Waals surface area contributed by atoms with E-state index in [0.29, 0.717) is 6.04 Å². The summed E-state index contributed by atoms with van der Waals surface area (Å²) in [6.45, 7) is 2.94. The minimum atomic E-state index is 0.345. The summed E-state index contributed by atoms with van der Waals surface area (Å²) in [6.07, 6.45) is 9.77. The van der Waals surface area contributed by atoms with Gasteiger partial charge in [0, 0.05) is 36.8 Å². The molecule has 0 aliphatic heterocycles. The van der Waals surface area contributed by atoms with Crippen LogP contribution >= 0.6 is 0 Å². The summed E-state index contributed by atoms with van der Waals surface area (Å²) < 4.78 is 0. The van der Waals surface area contributed by atoms with Crippen LogP contribution in [0.15, 0.2) is 36.7 Å². The molecule has 1 unspecified atom stereocenters. The van der Waals surface area contributed by atoms with Crippen molar-refractivity contribution in [3.63, 3.8) is 0 Å². The van der Waals surface area contributed by atoms with Crippen LogP contribution in [0, 0.1) is 12.3 Å². The van der Waals surface area contributed by atoms with Crippen LogP contribution in [-0.4, -0.2) is 11.0 Å². The highest BCUT2D eigenvalue weighted by molar-refractivity contribution is 5.84. The largest absolute Gasteiger partial charge is 0.309 e. The number of fused-ring (bicyclic) bond motifs is 1. The van der Waals surface area contributed by atoms with Gasteiger partial charge < -0.3 is 5.32 Å². The van der Waals surface area contributed by atoms with Crippen LogP contribution in [0.3, 0.4) is 0 Å². The van der Waals surface area contributed by atoms with Gasteiger partial charge in [0.25, 0.3) is 0 Å². The van der Waals surface area contributed by atoms with E-state index in [1.165, 1.54) is 16.3 Å². The standard InChI is InChI=1S/C15H16N2/c1-3-5-12(2)17-11-14-7-4-6-13-10-16-9-8-15(13)14/h1,4,6-10,12,17H,5,11H2,2H3. The fourth-order valence-electron chi connectivity index (χ4n) is 1.88. The number of nitrogens with zero attached hydrogens (tertiary/aromatic N) is 1. The Bertz CT molecular complexity index is 535. The van der Waals surface area contributed by atoms with Crippen LogP contribution < -0.4 is 5.32 Å². The molecule has 0 radical (unpaired) electrons. The van der Waals surface area contributed by atoms with Crippen molar-refractivity contribution in [3.8, 4) is 12.3 Å². The molecule has 0 saturated carbocycles. The summed E-state index contributed by atoms with van der Waals surface area (Å²) in [5.74, 6) is 2.67. The van der Waals surface area contributed by atoms with E-state index < -0.39 is 0 Å². The number of hydrogen-bond donors (Lipinski definition) is 1. The molecule has 1 atom stereocenters. The van der Waals surface area contributed by atoms with Gasteiger partial charge in [0.15, 0.2) is 0 Å². The Morgan fingerprint density at radius 1 is 1.41 bits per heavy atom. The molecule has 2 heteroatoms.